The highest BCUT2D eigenvalue weighted by Crippen LogP contribution is 2.63. The van der Waals surface area contributed by atoms with Crippen LogP contribution >= 0.6 is 0 Å². The van der Waals surface area contributed by atoms with E-state index in [1.807, 2.05) is 84.9 Å². The number of fused-ring (bicyclic) bond motifs is 9. The Kier molecular flexibility index (Phi) is 9.05. The highest BCUT2D eigenvalue weighted by atomic mass is 19.4. The van der Waals surface area contributed by atoms with Gasteiger partial charge >= 0.3 is 12.4 Å². The molecule has 0 heterocycles. The lowest BCUT2D eigenvalue weighted by Gasteiger charge is -2.41. The van der Waals surface area contributed by atoms with Crippen LogP contribution in [0.25, 0.3) is 33.0 Å². The van der Waals surface area contributed by atoms with Gasteiger partial charge in [-0.15, -0.1) is 0 Å². The van der Waals surface area contributed by atoms with Gasteiger partial charge in [0.05, 0.1) is 27.9 Å². The normalized spacial score (nSPS) is 14.8. The van der Waals surface area contributed by atoms with E-state index in [9.17, 15) is 26.3 Å². The molecule has 1 atom stereocenters. The second-order valence-electron chi connectivity index (χ2n) is 16.1. The van der Waals surface area contributed by atoms with E-state index >= 15 is 8.78 Å². The first kappa shape index (κ1) is 40.1. The van der Waals surface area contributed by atoms with Gasteiger partial charge in [0.15, 0.2) is 0 Å². The minimum atomic E-state index is -4.59. The summed E-state index contributed by atoms with van der Waals surface area (Å²) in [5, 5.41) is 1.97. The zero-order valence-electron chi connectivity index (χ0n) is 33.9. The van der Waals surface area contributed by atoms with Crippen LogP contribution in [-0.2, 0) is 17.8 Å². The predicted molar refractivity (Wildman–Crippen MR) is 240 cm³/mol. The van der Waals surface area contributed by atoms with E-state index in [-0.39, 0.29) is 11.4 Å². The Bertz CT molecular complexity index is 3330. The Morgan fingerprint density at radius 3 is 1.25 bits per heavy atom. The van der Waals surface area contributed by atoms with Crippen molar-refractivity contribution in [3.63, 3.8) is 0 Å². The number of hydrogen-bond donors (Lipinski definition) is 0. The predicted octanol–water partition coefficient (Wildman–Crippen LogP) is 16.4. The molecule has 0 aromatic heterocycles. The number of alkyl halides is 6. The largest absolute Gasteiger partial charge is 0.416 e. The number of para-hydroxylation sites is 2. The summed E-state index contributed by atoms with van der Waals surface area (Å²) in [7, 11) is 0. The first-order valence-electron chi connectivity index (χ1n) is 20.7. The fraction of sp³-hybridized carbons (Fsp3) is 0.0545. The first-order valence-corrected chi connectivity index (χ1v) is 20.7. The lowest BCUT2D eigenvalue weighted by Crippen LogP contribution is -2.32. The van der Waals surface area contributed by atoms with Crippen LogP contribution in [0, 0.1) is 11.6 Å². The SMILES string of the molecule is Fc1ccccc1N(c1ccc(C(F)(F)F)cc1)c1ccc2c(c1)C1(c3ccccc3-2)c2cc(N(c3ccc(C(F)(F)F)cc3)c3ccccc3F)ccc2-c2cccc3cccc1c23. The first-order chi connectivity index (χ1) is 31.3. The van der Waals surface area contributed by atoms with Crippen LogP contribution in [0.2, 0.25) is 0 Å². The van der Waals surface area contributed by atoms with E-state index in [0.29, 0.717) is 22.7 Å². The number of nitrogens with zero attached hydrogens (tertiary/aromatic N) is 2. The van der Waals surface area contributed by atoms with Crippen molar-refractivity contribution in [2.24, 2.45) is 0 Å². The molecule has 1 spiro atoms. The third-order valence-electron chi connectivity index (χ3n) is 12.6. The topological polar surface area (TPSA) is 6.48 Å². The van der Waals surface area contributed by atoms with Crippen molar-refractivity contribution in [2.75, 3.05) is 9.80 Å². The zero-order valence-corrected chi connectivity index (χ0v) is 33.9. The van der Waals surface area contributed by atoms with Gasteiger partial charge in [0.1, 0.15) is 11.6 Å². The molecule has 65 heavy (non-hydrogen) atoms. The number of halogens is 8. The van der Waals surface area contributed by atoms with Crippen LogP contribution in [0.15, 0.2) is 194 Å². The van der Waals surface area contributed by atoms with Crippen LogP contribution in [0.5, 0.6) is 0 Å². The van der Waals surface area contributed by atoms with Gasteiger partial charge in [0.2, 0.25) is 0 Å². The summed E-state index contributed by atoms with van der Waals surface area (Å²) < 4.78 is 115. The van der Waals surface area contributed by atoms with Gasteiger partial charge < -0.3 is 9.80 Å². The smallest absolute Gasteiger partial charge is 0.308 e. The molecular weight excluding hydrogens is 841 g/mol. The lowest BCUT2D eigenvalue weighted by atomic mass is 9.61. The number of benzene rings is 9. The van der Waals surface area contributed by atoms with Gasteiger partial charge in [-0.2, -0.15) is 26.3 Å². The van der Waals surface area contributed by atoms with Crippen molar-refractivity contribution in [3.05, 3.63) is 239 Å². The second kappa shape index (κ2) is 14.7. The quantitative estimate of drug-likeness (QED) is 0.154. The zero-order chi connectivity index (χ0) is 44.8. The van der Waals surface area contributed by atoms with E-state index in [1.54, 1.807) is 46.2 Å². The van der Waals surface area contributed by atoms with Crippen molar-refractivity contribution in [2.45, 2.75) is 17.8 Å². The van der Waals surface area contributed by atoms with Crippen LogP contribution in [0.4, 0.5) is 69.2 Å². The molecule has 318 valence electrons. The summed E-state index contributed by atoms with van der Waals surface area (Å²) >= 11 is 0. The summed E-state index contributed by atoms with van der Waals surface area (Å²) in [6.07, 6.45) is -9.18. The Morgan fingerprint density at radius 2 is 0.738 bits per heavy atom. The number of rotatable bonds is 6. The lowest BCUT2D eigenvalue weighted by molar-refractivity contribution is -0.138. The van der Waals surface area contributed by atoms with Crippen molar-refractivity contribution in [1.82, 2.24) is 0 Å². The van der Waals surface area contributed by atoms with Crippen molar-refractivity contribution in [1.29, 1.82) is 0 Å². The molecule has 2 aliphatic rings. The molecule has 1 unspecified atom stereocenters. The molecule has 0 saturated carbocycles. The van der Waals surface area contributed by atoms with E-state index in [1.165, 1.54) is 36.4 Å². The molecule has 0 radical (unpaired) electrons. The van der Waals surface area contributed by atoms with Gasteiger partial charge in [-0.3, -0.25) is 0 Å². The van der Waals surface area contributed by atoms with Crippen LogP contribution in [-0.4, -0.2) is 0 Å². The molecule has 10 heteroatoms. The molecule has 9 aromatic carbocycles. The Morgan fingerprint density at radius 1 is 0.338 bits per heavy atom. The molecule has 0 fully saturated rings. The number of anilines is 6. The van der Waals surface area contributed by atoms with E-state index < -0.39 is 40.5 Å². The molecule has 0 aliphatic heterocycles. The summed E-state index contributed by atoms with van der Waals surface area (Å²) in [6.45, 7) is 0. The van der Waals surface area contributed by atoms with Gasteiger partial charge in [-0.25, -0.2) is 8.78 Å². The molecule has 0 N–H and O–H groups in total. The van der Waals surface area contributed by atoms with Crippen LogP contribution in [0.3, 0.4) is 0 Å². The Labute approximate surface area is 367 Å². The van der Waals surface area contributed by atoms with Crippen LogP contribution in [0.1, 0.15) is 33.4 Å². The molecule has 0 saturated heterocycles. The molecule has 0 bridgehead atoms. The molecule has 2 nitrogen and oxygen atoms in total. The molecule has 2 aliphatic carbocycles. The minimum Gasteiger partial charge on any atom is -0.308 e. The van der Waals surface area contributed by atoms with Gasteiger partial charge in [-0.1, -0.05) is 97.1 Å². The fourth-order valence-electron chi connectivity index (χ4n) is 9.95. The third kappa shape index (κ3) is 6.22. The van der Waals surface area contributed by atoms with Crippen molar-refractivity contribution >= 4 is 44.9 Å². The van der Waals surface area contributed by atoms with Crippen molar-refractivity contribution in [3.8, 4) is 22.3 Å². The molecule has 9 aromatic rings. The van der Waals surface area contributed by atoms with Gasteiger partial charge in [0, 0.05) is 22.7 Å². The maximum absolute atomic E-state index is 16.1. The summed E-state index contributed by atoms with van der Waals surface area (Å²) in [6, 6.07) is 53.1. The average Bonchev–Trinajstić information content (AvgIpc) is 3.59. The second-order valence-corrected chi connectivity index (χ2v) is 16.1. The third-order valence-corrected chi connectivity index (χ3v) is 12.6. The van der Waals surface area contributed by atoms with Gasteiger partial charge in [-0.05, 0) is 152 Å². The standard InChI is InChI=1S/C55H32F8N2/c56-48-15-3-5-17-50(48)64(36-23-19-34(20-24-36)54(58,59)60)38-27-29-41-40-11-1-2-13-44(40)53(46(41)31-38)45-14-8-10-33-9-7-12-43(52(33)45)42-30-28-39(32-47(42)53)65(51-18-6-4-16-49(51)57)37-25-21-35(22-26-37)55(61,62)63/h1-32H. The van der Waals surface area contributed by atoms with Crippen molar-refractivity contribution < 1.29 is 35.1 Å². The average molecular weight is 873 g/mol. The summed E-state index contributed by atoms with van der Waals surface area (Å²) in [5.41, 5.74) is 6.01. The monoisotopic (exact) mass is 872 g/mol. The fourth-order valence-corrected chi connectivity index (χ4v) is 9.95. The highest BCUT2D eigenvalue weighted by Gasteiger charge is 2.51. The Hall–Kier alpha value is -7.72. The van der Waals surface area contributed by atoms with Crippen LogP contribution < -0.4 is 9.80 Å². The minimum absolute atomic E-state index is 0.117. The van der Waals surface area contributed by atoms with E-state index in [2.05, 4.69) is 12.1 Å². The Balaban J connectivity index is 1.21. The highest BCUT2D eigenvalue weighted by molar-refractivity contribution is 6.07. The number of hydrogen-bond acceptors (Lipinski definition) is 2. The maximum atomic E-state index is 16.1. The van der Waals surface area contributed by atoms with Gasteiger partial charge in [0.25, 0.3) is 0 Å². The molecule has 11 rings (SSSR count). The van der Waals surface area contributed by atoms with E-state index in [0.717, 1.165) is 79.5 Å². The maximum Gasteiger partial charge on any atom is 0.416 e. The molecular formula is C55H32F8N2. The summed E-state index contributed by atoms with van der Waals surface area (Å²) in [4.78, 5) is 3.21. The summed E-state index contributed by atoms with van der Waals surface area (Å²) in [5.74, 6) is -1.18. The molecule has 0 amide bonds. The van der Waals surface area contributed by atoms with E-state index in [4.69, 9.17) is 0 Å².